The molecule has 0 aromatic heterocycles. The Balaban J connectivity index is 1.82. The maximum Gasteiger partial charge on any atom is 0.347 e. The molecule has 0 unspecified atom stereocenters. The van der Waals surface area contributed by atoms with Gasteiger partial charge in [-0.25, -0.2) is 9.18 Å². The van der Waals surface area contributed by atoms with Gasteiger partial charge in [-0.15, -0.1) is 0 Å². The Morgan fingerprint density at radius 2 is 1.82 bits per heavy atom. The van der Waals surface area contributed by atoms with Gasteiger partial charge in [-0.2, -0.15) is 0 Å². The van der Waals surface area contributed by atoms with Crippen LogP contribution in [0.25, 0.3) is 0 Å². The van der Waals surface area contributed by atoms with Crippen molar-refractivity contribution >= 4 is 14.3 Å². The highest BCUT2D eigenvalue weighted by Crippen LogP contribution is 2.37. The van der Waals surface area contributed by atoms with Crippen LogP contribution < -0.4 is 4.74 Å². The van der Waals surface area contributed by atoms with Crippen LogP contribution in [-0.4, -0.2) is 52.6 Å². The lowest BCUT2D eigenvalue weighted by atomic mass is 10.2. The van der Waals surface area contributed by atoms with Crippen LogP contribution in [0.1, 0.15) is 27.7 Å². The molecule has 28 heavy (non-hydrogen) atoms. The molecule has 0 radical (unpaired) electrons. The lowest BCUT2D eigenvalue weighted by molar-refractivity contribution is -0.154. The largest absolute Gasteiger partial charge is 0.476 e. The minimum atomic E-state index is -1.91. The van der Waals surface area contributed by atoms with Gasteiger partial charge in [-0.1, -0.05) is 32.9 Å². The number of para-hydroxylation sites is 1. The van der Waals surface area contributed by atoms with E-state index in [1.54, 1.807) is 12.1 Å². The number of carbonyl (C=O) groups is 1. The molecule has 8 heteroatoms. The van der Waals surface area contributed by atoms with E-state index in [2.05, 4.69) is 33.9 Å². The molecular weight excluding hydrogens is 383 g/mol. The SMILES string of the molecule is C[C@H](Oc1ccccc1F)C(=O)OC[C@@H]1OCO[C@H]1CO[Si](C)(C)C(C)(C)C. The fraction of sp³-hybridized carbons (Fsp3) is 0.650. The Hall–Kier alpha value is -1.48. The van der Waals surface area contributed by atoms with Gasteiger partial charge in [0, 0.05) is 0 Å². The second kappa shape index (κ2) is 9.34. The molecule has 1 saturated heterocycles. The maximum absolute atomic E-state index is 13.6. The molecule has 0 spiro atoms. The van der Waals surface area contributed by atoms with Crippen molar-refractivity contribution < 1.29 is 32.6 Å². The van der Waals surface area contributed by atoms with Gasteiger partial charge >= 0.3 is 5.97 Å². The number of benzene rings is 1. The first-order valence-corrected chi connectivity index (χ1v) is 12.4. The predicted molar refractivity (Wildman–Crippen MR) is 105 cm³/mol. The minimum Gasteiger partial charge on any atom is -0.476 e. The van der Waals surface area contributed by atoms with Gasteiger partial charge in [0.1, 0.15) is 25.6 Å². The van der Waals surface area contributed by atoms with Gasteiger partial charge in [-0.05, 0) is 37.2 Å². The van der Waals surface area contributed by atoms with Gasteiger partial charge in [0.2, 0.25) is 0 Å². The number of hydrogen-bond donors (Lipinski definition) is 0. The molecule has 0 N–H and O–H groups in total. The minimum absolute atomic E-state index is 0.00745. The highest BCUT2D eigenvalue weighted by atomic mass is 28.4. The van der Waals surface area contributed by atoms with Crippen molar-refractivity contribution in [2.75, 3.05) is 20.0 Å². The standard InChI is InChI=1S/C20H31FO6Si/c1-14(27-16-10-8-7-9-15(16)21)19(22)23-11-17-18(25-13-24-17)12-26-28(5,6)20(2,3)4/h7-10,14,17-18H,11-13H2,1-6H3/t14-,17-,18-/m0/s1. The molecule has 158 valence electrons. The van der Waals surface area contributed by atoms with Gasteiger partial charge in [0.25, 0.3) is 0 Å². The molecule has 0 saturated carbocycles. The molecule has 6 nitrogen and oxygen atoms in total. The van der Waals surface area contributed by atoms with Crippen molar-refractivity contribution in [3.05, 3.63) is 30.1 Å². The summed E-state index contributed by atoms with van der Waals surface area (Å²) in [6.07, 6.45) is -1.65. The molecule has 1 aliphatic rings. The first kappa shape index (κ1) is 22.8. The Bertz CT molecular complexity index is 660. The third-order valence-corrected chi connectivity index (χ3v) is 9.76. The fourth-order valence-electron chi connectivity index (χ4n) is 2.31. The van der Waals surface area contributed by atoms with Crippen molar-refractivity contribution in [2.45, 2.75) is 64.1 Å². The van der Waals surface area contributed by atoms with Crippen molar-refractivity contribution in [1.82, 2.24) is 0 Å². The van der Waals surface area contributed by atoms with Gasteiger partial charge in [-0.3, -0.25) is 0 Å². The third-order valence-electron chi connectivity index (χ3n) is 5.26. The second-order valence-corrected chi connectivity index (χ2v) is 13.2. The zero-order valence-corrected chi connectivity index (χ0v) is 18.5. The summed E-state index contributed by atoms with van der Waals surface area (Å²) in [4.78, 5) is 12.2. The van der Waals surface area contributed by atoms with E-state index in [0.717, 1.165) is 0 Å². The number of hydrogen-bond acceptors (Lipinski definition) is 6. The Morgan fingerprint density at radius 1 is 1.21 bits per heavy atom. The van der Waals surface area contributed by atoms with E-state index in [1.807, 2.05) is 0 Å². The smallest absolute Gasteiger partial charge is 0.347 e. The summed E-state index contributed by atoms with van der Waals surface area (Å²) >= 11 is 0. The number of ether oxygens (including phenoxy) is 4. The van der Waals surface area contributed by atoms with Gasteiger partial charge in [0.15, 0.2) is 26.0 Å². The summed E-state index contributed by atoms with van der Waals surface area (Å²) < 4.78 is 41.5. The quantitative estimate of drug-likeness (QED) is 0.475. The molecule has 3 atom stereocenters. The predicted octanol–water partition coefficient (Wildman–Crippen LogP) is 3.90. The highest BCUT2D eigenvalue weighted by molar-refractivity contribution is 6.74. The van der Waals surface area contributed by atoms with E-state index >= 15 is 0 Å². The molecule has 2 rings (SSSR count). The van der Waals surface area contributed by atoms with Gasteiger partial charge < -0.3 is 23.4 Å². The molecule has 1 aromatic carbocycles. The average molecular weight is 415 g/mol. The molecule has 0 bridgehead atoms. The van der Waals surface area contributed by atoms with Crippen LogP contribution in [-0.2, 0) is 23.4 Å². The fourth-order valence-corrected chi connectivity index (χ4v) is 3.32. The molecule has 0 aliphatic carbocycles. The maximum atomic E-state index is 13.6. The average Bonchev–Trinajstić information content (AvgIpc) is 3.06. The molecule has 1 aromatic rings. The van der Waals surface area contributed by atoms with Gasteiger partial charge in [0.05, 0.1) is 6.61 Å². The van der Waals surface area contributed by atoms with E-state index < -0.39 is 32.3 Å². The highest BCUT2D eigenvalue weighted by Gasteiger charge is 2.40. The zero-order valence-electron chi connectivity index (χ0n) is 17.5. The lowest BCUT2D eigenvalue weighted by Gasteiger charge is -2.37. The van der Waals surface area contributed by atoms with Crippen LogP contribution in [0, 0.1) is 5.82 Å². The number of esters is 1. The molecule has 1 fully saturated rings. The summed E-state index contributed by atoms with van der Waals surface area (Å²) in [6.45, 7) is 12.9. The first-order valence-electron chi connectivity index (χ1n) is 9.46. The summed E-state index contributed by atoms with van der Waals surface area (Å²) in [5.41, 5.74) is 0. The van der Waals surface area contributed by atoms with E-state index in [-0.39, 0.29) is 30.3 Å². The van der Waals surface area contributed by atoms with Crippen molar-refractivity contribution in [1.29, 1.82) is 0 Å². The van der Waals surface area contributed by atoms with Crippen molar-refractivity contribution in [3.8, 4) is 5.75 Å². The van der Waals surface area contributed by atoms with Crippen LogP contribution in [0.5, 0.6) is 5.75 Å². The van der Waals surface area contributed by atoms with Crippen LogP contribution in [0.3, 0.4) is 0 Å². The summed E-state index contributed by atoms with van der Waals surface area (Å²) in [7, 11) is -1.91. The van der Waals surface area contributed by atoms with Crippen LogP contribution in [0.15, 0.2) is 24.3 Å². The van der Waals surface area contributed by atoms with E-state index in [1.165, 1.54) is 19.1 Å². The van der Waals surface area contributed by atoms with Crippen LogP contribution >= 0.6 is 0 Å². The van der Waals surface area contributed by atoms with E-state index in [0.29, 0.717) is 6.61 Å². The van der Waals surface area contributed by atoms with E-state index in [4.69, 9.17) is 23.4 Å². The summed E-state index contributed by atoms with van der Waals surface area (Å²) in [6, 6.07) is 5.91. The van der Waals surface area contributed by atoms with Crippen molar-refractivity contribution in [2.24, 2.45) is 0 Å². The summed E-state index contributed by atoms with van der Waals surface area (Å²) in [5, 5.41) is 0.0912. The molecule has 1 aliphatic heterocycles. The first-order chi connectivity index (χ1) is 13.0. The van der Waals surface area contributed by atoms with Crippen LogP contribution in [0.2, 0.25) is 18.1 Å². The number of rotatable bonds is 8. The molecule has 1 heterocycles. The summed E-state index contributed by atoms with van der Waals surface area (Å²) in [5.74, 6) is -1.12. The topological polar surface area (TPSA) is 63.2 Å². The lowest BCUT2D eigenvalue weighted by Crippen LogP contribution is -2.44. The Morgan fingerprint density at radius 3 is 2.43 bits per heavy atom. The number of carbonyl (C=O) groups excluding carboxylic acids is 1. The Labute approximate surface area is 167 Å². The molecule has 0 amide bonds. The normalized spacial score (nSPS) is 21.4. The monoisotopic (exact) mass is 414 g/mol. The van der Waals surface area contributed by atoms with E-state index in [9.17, 15) is 9.18 Å². The second-order valence-electron chi connectivity index (χ2n) is 8.42. The number of halogens is 1. The Kier molecular flexibility index (Phi) is 7.61. The third kappa shape index (κ3) is 6.01. The van der Waals surface area contributed by atoms with Crippen molar-refractivity contribution in [3.63, 3.8) is 0 Å². The zero-order chi connectivity index (χ0) is 20.9. The molecular formula is C20H31FO6Si. The van der Waals surface area contributed by atoms with Crippen LogP contribution in [0.4, 0.5) is 4.39 Å².